The van der Waals surface area contributed by atoms with E-state index in [4.69, 9.17) is 4.84 Å². The smallest absolute Gasteiger partial charge is 0.246 e. The van der Waals surface area contributed by atoms with Crippen molar-refractivity contribution in [3.05, 3.63) is 35.9 Å². The number of hydroxylamine groups is 1. The summed E-state index contributed by atoms with van der Waals surface area (Å²) in [5, 5.41) is 9.72. The Bertz CT molecular complexity index is 367. The molecule has 106 valence electrons. The minimum Gasteiger partial charge on any atom is -0.393 e. The van der Waals surface area contributed by atoms with E-state index in [1.54, 1.807) is 0 Å². The summed E-state index contributed by atoms with van der Waals surface area (Å²) < 4.78 is 0. The topological polar surface area (TPSA) is 58.6 Å². The third-order valence-electron chi connectivity index (χ3n) is 3.06. The van der Waals surface area contributed by atoms with Crippen molar-refractivity contribution < 1.29 is 14.7 Å². The van der Waals surface area contributed by atoms with Crippen LogP contribution in [0.1, 0.15) is 38.7 Å². The Morgan fingerprint density at radius 3 is 2.68 bits per heavy atom. The summed E-state index contributed by atoms with van der Waals surface area (Å²) in [5.74, 6) is 0.139. The molecule has 0 bridgehead atoms. The second kappa shape index (κ2) is 8.67. The molecule has 19 heavy (non-hydrogen) atoms. The van der Waals surface area contributed by atoms with Crippen molar-refractivity contribution in [2.24, 2.45) is 5.92 Å². The van der Waals surface area contributed by atoms with Crippen LogP contribution in [0, 0.1) is 5.92 Å². The number of hydrogen-bond donors (Lipinski definition) is 2. The molecule has 1 aromatic carbocycles. The highest BCUT2D eigenvalue weighted by Gasteiger charge is 2.13. The Hall–Kier alpha value is -1.39. The second-order valence-corrected chi connectivity index (χ2v) is 4.91. The molecule has 0 spiro atoms. The fourth-order valence-electron chi connectivity index (χ4n) is 1.74. The zero-order chi connectivity index (χ0) is 14.1. The Morgan fingerprint density at radius 1 is 1.37 bits per heavy atom. The molecule has 1 rings (SSSR count). The lowest BCUT2D eigenvalue weighted by molar-refractivity contribution is -0.136. The molecule has 0 heterocycles. The molecule has 2 atom stereocenters. The third-order valence-corrected chi connectivity index (χ3v) is 3.06. The van der Waals surface area contributed by atoms with Crippen molar-refractivity contribution in [3.63, 3.8) is 0 Å². The maximum Gasteiger partial charge on any atom is 0.246 e. The normalized spacial score (nSPS) is 13.8. The molecule has 0 saturated carbocycles. The monoisotopic (exact) mass is 265 g/mol. The number of nitrogens with one attached hydrogen (secondary N) is 1. The number of carbonyl (C=O) groups is 1. The molecular formula is C15H23NO3. The van der Waals surface area contributed by atoms with Crippen molar-refractivity contribution in [3.8, 4) is 0 Å². The molecule has 0 fully saturated rings. The standard InChI is InChI=1S/C15H23NO3/c1-3-12(2)9-14(17)10-15(18)16-19-11-13-7-5-4-6-8-13/h4-8,12,14,17H,3,9-11H2,1-2H3,(H,16,18)/t12-,14-/m1/s1. The van der Waals surface area contributed by atoms with Crippen LogP contribution in [-0.2, 0) is 16.2 Å². The summed E-state index contributed by atoms with van der Waals surface area (Å²) in [4.78, 5) is 16.6. The molecular weight excluding hydrogens is 242 g/mol. The molecule has 0 aliphatic heterocycles. The van der Waals surface area contributed by atoms with Crippen molar-refractivity contribution in [1.82, 2.24) is 5.48 Å². The molecule has 0 aliphatic rings. The first-order valence-corrected chi connectivity index (χ1v) is 6.74. The first-order valence-electron chi connectivity index (χ1n) is 6.74. The van der Waals surface area contributed by atoms with Crippen LogP contribution in [0.25, 0.3) is 0 Å². The molecule has 1 aromatic rings. The first kappa shape index (κ1) is 15.7. The van der Waals surface area contributed by atoms with E-state index in [0.717, 1.165) is 12.0 Å². The van der Waals surface area contributed by atoms with Crippen molar-refractivity contribution >= 4 is 5.91 Å². The second-order valence-electron chi connectivity index (χ2n) is 4.91. The molecule has 0 aromatic heterocycles. The summed E-state index contributed by atoms with van der Waals surface area (Å²) in [5.41, 5.74) is 3.34. The van der Waals surface area contributed by atoms with Crippen LogP contribution in [-0.4, -0.2) is 17.1 Å². The van der Waals surface area contributed by atoms with Crippen molar-refractivity contribution in [1.29, 1.82) is 0 Å². The van der Waals surface area contributed by atoms with Crippen molar-refractivity contribution in [2.75, 3.05) is 0 Å². The maximum absolute atomic E-state index is 11.5. The van der Waals surface area contributed by atoms with Crippen LogP contribution < -0.4 is 5.48 Å². The SMILES string of the molecule is CC[C@@H](C)C[C@@H](O)CC(=O)NOCc1ccccc1. The van der Waals surface area contributed by atoms with Gasteiger partial charge in [-0.1, -0.05) is 50.6 Å². The highest BCUT2D eigenvalue weighted by Crippen LogP contribution is 2.11. The summed E-state index contributed by atoms with van der Waals surface area (Å²) in [6.07, 6.45) is 1.13. The molecule has 0 unspecified atom stereocenters. The van der Waals surface area contributed by atoms with Crippen LogP contribution in [0.15, 0.2) is 30.3 Å². The van der Waals surface area contributed by atoms with Gasteiger partial charge in [0.1, 0.15) is 0 Å². The number of aliphatic hydroxyl groups is 1. The molecule has 4 nitrogen and oxygen atoms in total. The number of benzene rings is 1. The van der Waals surface area contributed by atoms with E-state index in [0.29, 0.717) is 18.9 Å². The van der Waals surface area contributed by atoms with Gasteiger partial charge in [0, 0.05) is 0 Å². The van der Waals surface area contributed by atoms with Gasteiger partial charge in [-0.05, 0) is 17.9 Å². The maximum atomic E-state index is 11.5. The largest absolute Gasteiger partial charge is 0.393 e. The lowest BCUT2D eigenvalue weighted by Gasteiger charge is -2.14. The fourth-order valence-corrected chi connectivity index (χ4v) is 1.74. The number of amides is 1. The van der Waals surface area contributed by atoms with Crippen molar-refractivity contribution in [2.45, 2.75) is 45.8 Å². The number of rotatable bonds is 8. The summed E-state index contributed by atoms with van der Waals surface area (Å²) >= 11 is 0. The first-order chi connectivity index (χ1) is 9.11. The van der Waals surface area contributed by atoms with Gasteiger partial charge in [-0.3, -0.25) is 9.63 Å². The van der Waals surface area contributed by atoms with Gasteiger partial charge in [-0.25, -0.2) is 5.48 Å². The van der Waals surface area contributed by atoms with E-state index in [1.807, 2.05) is 30.3 Å². The van der Waals surface area contributed by atoms with Gasteiger partial charge >= 0.3 is 0 Å². The third kappa shape index (κ3) is 6.94. The number of aliphatic hydroxyl groups excluding tert-OH is 1. The number of hydrogen-bond acceptors (Lipinski definition) is 3. The average Bonchev–Trinajstić information content (AvgIpc) is 2.39. The minimum atomic E-state index is -0.602. The zero-order valence-electron chi connectivity index (χ0n) is 11.6. The Morgan fingerprint density at radius 2 is 2.05 bits per heavy atom. The van der Waals surface area contributed by atoms with Gasteiger partial charge < -0.3 is 5.11 Å². The van der Waals surface area contributed by atoms with E-state index in [1.165, 1.54) is 0 Å². The van der Waals surface area contributed by atoms with E-state index >= 15 is 0 Å². The highest BCUT2D eigenvalue weighted by atomic mass is 16.6. The zero-order valence-corrected chi connectivity index (χ0v) is 11.6. The van der Waals surface area contributed by atoms with Crippen LogP contribution in [0.3, 0.4) is 0 Å². The van der Waals surface area contributed by atoms with E-state index in [2.05, 4.69) is 19.3 Å². The van der Waals surface area contributed by atoms with Crippen LogP contribution >= 0.6 is 0 Å². The van der Waals surface area contributed by atoms with Crippen LogP contribution in [0.2, 0.25) is 0 Å². The van der Waals surface area contributed by atoms with E-state index in [9.17, 15) is 9.90 Å². The van der Waals surface area contributed by atoms with Gasteiger partial charge in [0.2, 0.25) is 5.91 Å². The van der Waals surface area contributed by atoms with Crippen LogP contribution in [0.5, 0.6) is 0 Å². The lowest BCUT2D eigenvalue weighted by Crippen LogP contribution is -2.28. The fraction of sp³-hybridized carbons (Fsp3) is 0.533. The molecule has 0 radical (unpaired) electrons. The summed E-state index contributed by atoms with van der Waals surface area (Å²) in [6, 6.07) is 9.59. The van der Waals surface area contributed by atoms with Gasteiger partial charge in [0.15, 0.2) is 0 Å². The summed E-state index contributed by atoms with van der Waals surface area (Å²) in [6.45, 7) is 4.46. The number of carbonyl (C=O) groups excluding carboxylic acids is 1. The van der Waals surface area contributed by atoms with Gasteiger partial charge in [-0.2, -0.15) is 0 Å². The van der Waals surface area contributed by atoms with E-state index in [-0.39, 0.29) is 12.3 Å². The summed E-state index contributed by atoms with van der Waals surface area (Å²) in [7, 11) is 0. The van der Waals surface area contributed by atoms with Gasteiger partial charge in [0.25, 0.3) is 0 Å². The van der Waals surface area contributed by atoms with E-state index < -0.39 is 6.10 Å². The molecule has 4 heteroatoms. The molecule has 0 saturated heterocycles. The Labute approximate surface area is 114 Å². The molecule has 2 N–H and O–H groups in total. The van der Waals surface area contributed by atoms with Crippen LogP contribution in [0.4, 0.5) is 0 Å². The quantitative estimate of drug-likeness (QED) is 0.710. The Balaban J connectivity index is 2.17. The highest BCUT2D eigenvalue weighted by molar-refractivity contribution is 5.75. The van der Waals surface area contributed by atoms with Gasteiger partial charge in [0.05, 0.1) is 19.1 Å². The predicted octanol–water partition coefficient (Wildman–Crippen LogP) is 2.42. The lowest BCUT2D eigenvalue weighted by atomic mass is 9.99. The predicted molar refractivity (Wildman–Crippen MR) is 74.1 cm³/mol. The average molecular weight is 265 g/mol. The molecule has 0 aliphatic carbocycles. The molecule has 1 amide bonds. The minimum absolute atomic E-state index is 0.0825. The van der Waals surface area contributed by atoms with Gasteiger partial charge in [-0.15, -0.1) is 0 Å². The Kier molecular flexibility index (Phi) is 7.15.